The maximum absolute atomic E-state index is 11.6. The Morgan fingerprint density at radius 1 is 1.10 bits per heavy atom. The summed E-state index contributed by atoms with van der Waals surface area (Å²) in [6.45, 7) is 1.05. The summed E-state index contributed by atoms with van der Waals surface area (Å²) in [6, 6.07) is 14.7. The number of hydrogen-bond donors (Lipinski definition) is 1. The lowest BCUT2D eigenvalue weighted by Gasteiger charge is -2.11. The molecule has 3 rings (SSSR count). The number of nitrogens with one attached hydrogen (secondary N) is 1. The molecule has 1 aliphatic heterocycles. The SMILES string of the molecule is CN(C)CCc1ccc(-c2cccc3c2NC(=O)C3)cc1. The van der Waals surface area contributed by atoms with E-state index in [2.05, 4.69) is 54.6 Å². The quantitative estimate of drug-likeness (QED) is 0.934. The molecule has 1 N–H and O–H groups in total. The Labute approximate surface area is 125 Å². The molecule has 0 fully saturated rings. The highest BCUT2D eigenvalue weighted by Crippen LogP contribution is 2.34. The van der Waals surface area contributed by atoms with Crippen molar-refractivity contribution in [1.82, 2.24) is 4.90 Å². The number of nitrogens with zero attached hydrogens (tertiary/aromatic N) is 1. The average Bonchev–Trinajstić information content (AvgIpc) is 2.85. The van der Waals surface area contributed by atoms with Gasteiger partial charge in [-0.25, -0.2) is 0 Å². The Morgan fingerprint density at radius 3 is 2.57 bits per heavy atom. The van der Waals surface area contributed by atoms with Crippen LogP contribution in [0.2, 0.25) is 0 Å². The number of carbonyl (C=O) groups excluding carboxylic acids is 1. The third-order valence-electron chi connectivity index (χ3n) is 3.88. The molecule has 21 heavy (non-hydrogen) atoms. The Kier molecular flexibility index (Phi) is 3.76. The number of fused-ring (bicyclic) bond motifs is 1. The lowest BCUT2D eigenvalue weighted by Crippen LogP contribution is -2.14. The van der Waals surface area contributed by atoms with Crippen LogP contribution in [0, 0.1) is 0 Å². The fraction of sp³-hybridized carbons (Fsp3) is 0.278. The molecule has 3 nitrogen and oxygen atoms in total. The van der Waals surface area contributed by atoms with Crippen molar-refractivity contribution in [2.24, 2.45) is 0 Å². The molecule has 3 heteroatoms. The van der Waals surface area contributed by atoms with Gasteiger partial charge in [-0.15, -0.1) is 0 Å². The third kappa shape index (κ3) is 2.98. The van der Waals surface area contributed by atoms with Gasteiger partial charge in [-0.3, -0.25) is 4.79 Å². The second-order valence-corrected chi connectivity index (χ2v) is 5.81. The van der Waals surface area contributed by atoms with Gasteiger partial charge in [0, 0.05) is 12.1 Å². The monoisotopic (exact) mass is 280 g/mol. The topological polar surface area (TPSA) is 32.3 Å². The van der Waals surface area contributed by atoms with Gasteiger partial charge in [0.2, 0.25) is 5.91 Å². The molecule has 0 saturated heterocycles. The number of amides is 1. The van der Waals surface area contributed by atoms with Gasteiger partial charge in [-0.2, -0.15) is 0 Å². The molecule has 1 aliphatic rings. The molecular formula is C18H20N2O. The molecule has 0 bridgehead atoms. The van der Waals surface area contributed by atoms with Crippen LogP contribution >= 0.6 is 0 Å². The van der Waals surface area contributed by atoms with Gasteiger partial charge in [0.05, 0.1) is 12.1 Å². The molecule has 0 aliphatic carbocycles. The van der Waals surface area contributed by atoms with Gasteiger partial charge in [0.25, 0.3) is 0 Å². The summed E-state index contributed by atoms with van der Waals surface area (Å²) in [5, 5.41) is 2.97. The Bertz CT molecular complexity index is 659. The van der Waals surface area contributed by atoms with Crippen molar-refractivity contribution < 1.29 is 4.79 Å². The van der Waals surface area contributed by atoms with Crippen LogP contribution in [0.15, 0.2) is 42.5 Å². The zero-order chi connectivity index (χ0) is 14.8. The zero-order valence-corrected chi connectivity index (χ0v) is 12.5. The Morgan fingerprint density at radius 2 is 1.86 bits per heavy atom. The highest BCUT2D eigenvalue weighted by molar-refractivity contribution is 6.03. The van der Waals surface area contributed by atoms with Crippen molar-refractivity contribution in [3.05, 3.63) is 53.6 Å². The standard InChI is InChI=1S/C18H20N2O/c1-20(2)11-10-13-6-8-14(9-7-13)16-5-3-4-15-12-17(21)19-18(15)16/h3-9H,10-12H2,1-2H3,(H,19,21). The van der Waals surface area contributed by atoms with Crippen LogP contribution in [-0.4, -0.2) is 31.4 Å². The van der Waals surface area contributed by atoms with E-state index in [1.54, 1.807) is 0 Å². The molecule has 108 valence electrons. The molecule has 2 aromatic rings. The average molecular weight is 280 g/mol. The predicted octanol–water partition coefficient (Wildman–Crippen LogP) is 2.95. The molecule has 0 aromatic heterocycles. The molecule has 2 aromatic carbocycles. The number of benzene rings is 2. The number of hydrogen-bond acceptors (Lipinski definition) is 2. The largest absolute Gasteiger partial charge is 0.325 e. The smallest absolute Gasteiger partial charge is 0.228 e. The fourth-order valence-corrected chi connectivity index (χ4v) is 2.70. The first-order valence-electron chi connectivity index (χ1n) is 7.29. The number of rotatable bonds is 4. The molecule has 1 amide bonds. The van der Waals surface area contributed by atoms with Crippen molar-refractivity contribution in [3.63, 3.8) is 0 Å². The van der Waals surface area contributed by atoms with E-state index < -0.39 is 0 Å². The lowest BCUT2D eigenvalue weighted by molar-refractivity contribution is -0.115. The van der Waals surface area contributed by atoms with Gasteiger partial charge in [-0.1, -0.05) is 42.5 Å². The normalized spacial score (nSPS) is 13.4. The minimum absolute atomic E-state index is 0.0834. The summed E-state index contributed by atoms with van der Waals surface area (Å²) in [5.41, 5.74) is 5.67. The third-order valence-corrected chi connectivity index (χ3v) is 3.88. The predicted molar refractivity (Wildman–Crippen MR) is 86.5 cm³/mol. The maximum Gasteiger partial charge on any atom is 0.228 e. The van der Waals surface area contributed by atoms with Crippen LogP contribution in [-0.2, 0) is 17.6 Å². The van der Waals surface area contributed by atoms with E-state index >= 15 is 0 Å². The molecule has 0 spiro atoms. The van der Waals surface area contributed by atoms with Crippen LogP contribution in [0.3, 0.4) is 0 Å². The van der Waals surface area contributed by atoms with Crippen LogP contribution in [0.1, 0.15) is 11.1 Å². The van der Waals surface area contributed by atoms with Gasteiger partial charge in [0.15, 0.2) is 0 Å². The van der Waals surface area contributed by atoms with Crippen molar-refractivity contribution in [2.45, 2.75) is 12.8 Å². The van der Waals surface area contributed by atoms with Crippen LogP contribution in [0.4, 0.5) is 5.69 Å². The van der Waals surface area contributed by atoms with Crippen molar-refractivity contribution in [1.29, 1.82) is 0 Å². The first-order valence-corrected chi connectivity index (χ1v) is 7.29. The number of carbonyl (C=O) groups is 1. The molecule has 1 heterocycles. The summed E-state index contributed by atoms with van der Waals surface area (Å²) in [6.07, 6.45) is 1.54. The molecular weight excluding hydrogens is 260 g/mol. The molecule has 0 radical (unpaired) electrons. The van der Waals surface area contributed by atoms with Gasteiger partial charge < -0.3 is 10.2 Å². The van der Waals surface area contributed by atoms with Crippen molar-refractivity contribution in [2.75, 3.05) is 26.0 Å². The van der Waals surface area contributed by atoms with Crippen LogP contribution in [0.5, 0.6) is 0 Å². The van der Waals surface area contributed by atoms with Crippen LogP contribution < -0.4 is 5.32 Å². The molecule has 0 unspecified atom stereocenters. The van der Waals surface area contributed by atoms with E-state index in [-0.39, 0.29) is 5.91 Å². The highest BCUT2D eigenvalue weighted by Gasteiger charge is 2.20. The minimum Gasteiger partial charge on any atom is -0.325 e. The van der Waals surface area contributed by atoms with E-state index in [0.29, 0.717) is 6.42 Å². The number of likely N-dealkylation sites (N-methyl/N-ethyl adjacent to an activating group) is 1. The first-order chi connectivity index (χ1) is 10.1. The van der Waals surface area contributed by atoms with Gasteiger partial charge in [-0.05, 0) is 37.2 Å². The highest BCUT2D eigenvalue weighted by atomic mass is 16.1. The Balaban J connectivity index is 1.85. The second-order valence-electron chi connectivity index (χ2n) is 5.81. The number of para-hydroxylation sites is 1. The van der Waals surface area contributed by atoms with E-state index in [0.717, 1.165) is 35.3 Å². The van der Waals surface area contributed by atoms with Crippen molar-refractivity contribution in [3.8, 4) is 11.1 Å². The van der Waals surface area contributed by atoms with E-state index in [9.17, 15) is 4.79 Å². The fourth-order valence-electron chi connectivity index (χ4n) is 2.70. The van der Waals surface area contributed by atoms with Gasteiger partial charge >= 0.3 is 0 Å². The maximum atomic E-state index is 11.6. The number of anilines is 1. The summed E-state index contributed by atoms with van der Waals surface area (Å²) < 4.78 is 0. The van der Waals surface area contributed by atoms with E-state index in [1.807, 2.05) is 12.1 Å². The lowest BCUT2D eigenvalue weighted by atomic mass is 9.99. The van der Waals surface area contributed by atoms with E-state index in [1.165, 1.54) is 5.56 Å². The zero-order valence-electron chi connectivity index (χ0n) is 12.5. The van der Waals surface area contributed by atoms with Crippen molar-refractivity contribution >= 4 is 11.6 Å². The first kappa shape index (κ1) is 13.8. The second kappa shape index (κ2) is 5.70. The van der Waals surface area contributed by atoms with E-state index in [4.69, 9.17) is 0 Å². The summed E-state index contributed by atoms with van der Waals surface area (Å²) in [4.78, 5) is 13.8. The van der Waals surface area contributed by atoms with Crippen LogP contribution in [0.25, 0.3) is 11.1 Å². The van der Waals surface area contributed by atoms with Gasteiger partial charge in [0.1, 0.15) is 0 Å². The minimum atomic E-state index is 0.0834. The molecule has 0 atom stereocenters. The summed E-state index contributed by atoms with van der Waals surface area (Å²) >= 11 is 0. The Hall–Kier alpha value is -2.13. The summed E-state index contributed by atoms with van der Waals surface area (Å²) in [5.74, 6) is 0.0834. The summed E-state index contributed by atoms with van der Waals surface area (Å²) in [7, 11) is 4.18. The molecule has 0 saturated carbocycles.